The van der Waals surface area contributed by atoms with E-state index in [1.807, 2.05) is 0 Å². The molecule has 1 aliphatic carbocycles. The minimum Gasteiger partial charge on any atom is -0.352 e. The van der Waals surface area contributed by atoms with E-state index in [4.69, 9.17) is 0 Å². The van der Waals surface area contributed by atoms with Crippen molar-refractivity contribution in [3.63, 3.8) is 0 Å². The summed E-state index contributed by atoms with van der Waals surface area (Å²) in [5, 5.41) is 9.64. The predicted octanol–water partition coefficient (Wildman–Crippen LogP) is 6.63. The molecule has 234 valence electrons. The molecule has 4 rings (SSSR count). The van der Waals surface area contributed by atoms with E-state index in [2.05, 4.69) is 15.5 Å². The number of carbonyl (C=O) groups is 1. The molecule has 43 heavy (non-hydrogen) atoms. The fourth-order valence-corrected chi connectivity index (χ4v) is 7.71. The van der Waals surface area contributed by atoms with Gasteiger partial charge in [0, 0.05) is 29.3 Å². The third-order valence-corrected chi connectivity index (χ3v) is 10.7. The predicted molar refractivity (Wildman–Crippen MR) is 138 cm³/mol. The van der Waals surface area contributed by atoms with Gasteiger partial charge >= 0.3 is 18.0 Å². The fraction of sp³-hybridized carbons (Fsp3) is 0.429. The van der Waals surface area contributed by atoms with Crippen molar-refractivity contribution in [2.75, 3.05) is 0 Å². The molecule has 2 aromatic carbocycles. The first-order valence-electron chi connectivity index (χ1n) is 13.1. The minimum absolute atomic E-state index is 0.00445. The molecule has 0 spiro atoms. The molecular weight excluding hydrogens is 610 g/mol. The van der Waals surface area contributed by atoms with E-state index in [0.29, 0.717) is 5.69 Å². The van der Waals surface area contributed by atoms with Gasteiger partial charge in [-0.3, -0.25) is 9.89 Å². The Kier molecular flexibility index (Phi) is 8.46. The first-order valence-corrected chi connectivity index (χ1v) is 14.6. The minimum atomic E-state index is -6.34. The molecule has 3 aromatic rings. The number of amides is 1. The van der Waals surface area contributed by atoms with Gasteiger partial charge in [0.2, 0.25) is 5.91 Å². The van der Waals surface area contributed by atoms with Crippen molar-refractivity contribution in [3.05, 3.63) is 82.4 Å². The number of rotatable bonds is 7. The quantitative estimate of drug-likeness (QED) is 0.225. The normalized spacial score (nSPS) is 20.2. The Labute approximate surface area is 241 Å². The molecule has 1 fully saturated rings. The van der Waals surface area contributed by atoms with Crippen LogP contribution in [-0.2, 0) is 31.6 Å². The lowest BCUT2D eigenvalue weighted by Crippen LogP contribution is -2.50. The number of nitrogens with zero attached hydrogens (tertiary/aromatic N) is 1. The van der Waals surface area contributed by atoms with Gasteiger partial charge in [-0.2, -0.15) is 31.4 Å². The number of nitrogens with one attached hydrogen (secondary N) is 2. The van der Waals surface area contributed by atoms with E-state index < -0.39 is 49.9 Å². The van der Waals surface area contributed by atoms with Crippen LogP contribution in [0.15, 0.2) is 53.4 Å². The van der Waals surface area contributed by atoms with Crippen LogP contribution in [0.1, 0.15) is 53.8 Å². The highest BCUT2D eigenvalue weighted by Gasteiger charge is 2.73. The maximum absolute atomic E-state index is 14.7. The van der Waals surface area contributed by atoms with Crippen molar-refractivity contribution in [1.29, 1.82) is 0 Å². The summed E-state index contributed by atoms with van der Waals surface area (Å²) >= 11 is 0. The van der Waals surface area contributed by atoms with Crippen molar-refractivity contribution in [3.8, 4) is 0 Å². The molecule has 0 radical (unpaired) electrons. The number of sulfone groups is 1. The molecular formula is C28H27F8N3O3S. The number of aromatic amines is 1. The molecule has 0 saturated heterocycles. The number of hydrogen-bond acceptors (Lipinski definition) is 4. The highest BCUT2D eigenvalue weighted by molar-refractivity contribution is 7.92. The van der Waals surface area contributed by atoms with Gasteiger partial charge < -0.3 is 5.32 Å². The average Bonchev–Trinajstić information content (AvgIpc) is 3.26. The summed E-state index contributed by atoms with van der Waals surface area (Å²) in [7, 11) is -4.46. The highest BCUT2D eigenvalue weighted by Crippen LogP contribution is 2.54. The van der Waals surface area contributed by atoms with Crippen molar-refractivity contribution in [2.45, 2.75) is 73.7 Å². The van der Waals surface area contributed by atoms with E-state index in [9.17, 15) is 48.3 Å². The van der Waals surface area contributed by atoms with Crippen molar-refractivity contribution in [1.82, 2.24) is 15.5 Å². The monoisotopic (exact) mass is 637 g/mol. The van der Waals surface area contributed by atoms with Gasteiger partial charge in [0.15, 0.2) is 9.84 Å². The van der Waals surface area contributed by atoms with Crippen LogP contribution < -0.4 is 5.32 Å². The number of alkyl halides is 7. The second-order valence-electron chi connectivity index (χ2n) is 10.6. The molecule has 1 amide bonds. The Morgan fingerprint density at radius 1 is 0.930 bits per heavy atom. The number of hydrogen-bond donors (Lipinski definition) is 2. The number of carbonyl (C=O) groups excluding carboxylic acids is 1. The number of aryl methyl sites for hydroxylation is 2. The first-order chi connectivity index (χ1) is 19.8. The molecule has 0 unspecified atom stereocenters. The molecule has 0 atom stereocenters. The third kappa shape index (κ3) is 5.63. The fourth-order valence-electron chi connectivity index (χ4n) is 5.54. The Morgan fingerprint density at radius 2 is 1.47 bits per heavy atom. The largest absolute Gasteiger partial charge is 0.435 e. The highest BCUT2D eigenvalue weighted by atomic mass is 32.2. The van der Waals surface area contributed by atoms with Crippen LogP contribution in [0.2, 0.25) is 0 Å². The van der Waals surface area contributed by atoms with Crippen LogP contribution in [0.3, 0.4) is 0 Å². The van der Waals surface area contributed by atoms with E-state index in [1.54, 1.807) is 13.8 Å². The Balaban J connectivity index is 1.69. The van der Waals surface area contributed by atoms with E-state index >= 15 is 0 Å². The lowest BCUT2D eigenvalue weighted by molar-refractivity contribution is -0.348. The second kappa shape index (κ2) is 11.2. The number of benzene rings is 2. The summed E-state index contributed by atoms with van der Waals surface area (Å²) < 4.78 is 134. The molecule has 1 aromatic heterocycles. The Morgan fingerprint density at radius 3 is 1.93 bits per heavy atom. The molecule has 2 N–H and O–H groups in total. The molecule has 1 heterocycles. The van der Waals surface area contributed by atoms with Crippen LogP contribution in [0, 0.1) is 25.6 Å². The Bertz CT molecular complexity index is 1540. The second-order valence-corrected chi connectivity index (χ2v) is 12.8. The number of H-pyrrole nitrogens is 1. The summed E-state index contributed by atoms with van der Waals surface area (Å²) in [4.78, 5) is 12.6. The van der Waals surface area contributed by atoms with E-state index in [0.717, 1.165) is 47.7 Å². The van der Waals surface area contributed by atoms with Gasteiger partial charge in [0.05, 0.1) is 10.6 Å². The summed E-state index contributed by atoms with van der Waals surface area (Å²) in [6.07, 6.45) is -13.2. The molecule has 6 nitrogen and oxygen atoms in total. The van der Waals surface area contributed by atoms with Gasteiger partial charge in [-0.25, -0.2) is 17.2 Å². The zero-order valence-electron chi connectivity index (χ0n) is 22.8. The number of aromatic nitrogens is 2. The SMILES string of the molecule is Cc1n[nH]c(C)c1CNC(=O)C1CCC(c2ccc(C(F)(C(F)(F)F)C(F)(F)F)cc2)(S(=O)(=O)c2ccc(F)cc2)CC1. The van der Waals surface area contributed by atoms with E-state index in [-0.39, 0.29) is 60.7 Å². The van der Waals surface area contributed by atoms with Gasteiger partial charge in [-0.15, -0.1) is 0 Å². The van der Waals surface area contributed by atoms with Gasteiger partial charge in [-0.05, 0) is 69.4 Å². The summed E-state index contributed by atoms with van der Waals surface area (Å²) in [5.74, 6) is -1.77. The van der Waals surface area contributed by atoms with Crippen molar-refractivity contribution < 1.29 is 48.3 Å². The van der Waals surface area contributed by atoms with Crippen LogP contribution in [0.4, 0.5) is 35.1 Å². The first kappa shape index (κ1) is 32.4. The summed E-state index contributed by atoms with van der Waals surface area (Å²) in [6, 6.07) is 5.78. The topological polar surface area (TPSA) is 91.9 Å². The van der Waals surface area contributed by atoms with Crippen molar-refractivity contribution >= 4 is 15.7 Å². The lowest BCUT2D eigenvalue weighted by atomic mass is 9.77. The van der Waals surface area contributed by atoms with Crippen LogP contribution in [-0.4, -0.2) is 36.9 Å². The average molecular weight is 638 g/mol. The zero-order valence-corrected chi connectivity index (χ0v) is 23.7. The van der Waals surface area contributed by atoms with Gasteiger partial charge in [-0.1, -0.05) is 24.3 Å². The van der Waals surface area contributed by atoms with Crippen LogP contribution in [0.5, 0.6) is 0 Å². The Hall–Kier alpha value is -3.49. The smallest absolute Gasteiger partial charge is 0.352 e. The number of halogens is 8. The standard InChI is InChI=1S/C28H27F8N3O3S/c1-16-23(17(2)39-38-16)15-37-24(40)18-11-13-25(14-12-18,43(41,42)22-9-7-21(29)8-10-22)19-3-5-20(6-4-19)26(30,27(31,32)33)28(34,35)36/h3-10,18H,11-15H2,1-2H3,(H,37,40)(H,38,39). The van der Waals surface area contributed by atoms with E-state index in [1.165, 1.54) is 0 Å². The van der Waals surface area contributed by atoms with Crippen molar-refractivity contribution in [2.24, 2.45) is 5.92 Å². The molecule has 0 bridgehead atoms. The molecule has 1 aliphatic rings. The van der Waals surface area contributed by atoms with Crippen LogP contribution >= 0.6 is 0 Å². The molecule has 15 heteroatoms. The maximum atomic E-state index is 14.7. The third-order valence-electron chi connectivity index (χ3n) is 8.11. The zero-order chi connectivity index (χ0) is 32.0. The van der Waals surface area contributed by atoms with Crippen LogP contribution in [0.25, 0.3) is 0 Å². The summed E-state index contributed by atoms with van der Waals surface area (Å²) in [5.41, 5.74) is -5.42. The van der Waals surface area contributed by atoms with Gasteiger partial charge in [0.1, 0.15) is 10.6 Å². The maximum Gasteiger partial charge on any atom is 0.435 e. The summed E-state index contributed by atoms with van der Waals surface area (Å²) in [6.45, 7) is 3.69. The lowest BCUT2D eigenvalue weighted by Gasteiger charge is -2.40. The molecule has 1 saturated carbocycles. The molecule has 0 aliphatic heterocycles. The van der Waals surface area contributed by atoms with Gasteiger partial charge in [0.25, 0.3) is 0 Å².